The maximum atomic E-state index is 12.1. The Kier molecular flexibility index (Phi) is 3.71. The van der Waals surface area contributed by atoms with Crippen LogP contribution in [0, 0.1) is 0 Å². The monoisotopic (exact) mass is 266 g/mol. The van der Waals surface area contributed by atoms with Crippen molar-refractivity contribution in [3.63, 3.8) is 0 Å². The van der Waals surface area contributed by atoms with Gasteiger partial charge in [0.25, 0.3) is 11.1 Å². The fourth-order valence-corrected chi connectivity index (χ4v) is 2.54. The molecule has 18 heavy (non-hydrogen) atoms. The van der Waals surface area contributed by atoms with Crippen molar-refractivity contribution in [3.05, 3.63) is 23.1 Å². The third-order valence-electron chi connectivity index (χ3n) is 3.32. The Labute approximate surface area is 113 Å². The molecule has 0 unspecified atom stereocenters. The molecule has 2 fully saturated rings. The first-order valence-corrected chi connectivity index (χ1v) is 6.61. The van der Waals surface area contributed by atoms with Gasteiger partial charge >= 0.3 is 0 Å². The average Bonchev–Trinajstić information content (AvgIpc) is 2.84. The second-order valence-corrected chi connectivity index (χ2v) is 4.94. The quantitative estimate of drug-likeness (QED) is 0.565. The first-order valence-electron chi connectivity index (χ1n) is 6.20. The Morgan fingerprint density at radius 3 is 2.78 bits per heavy atom. The standard InChI is InChI=1S/C13H18N2O2S/c1-4-15-12(16)11(17-13(15)18)9(2)8-10-6-5-7-14(10)3/h8H,4-7H2,1-3H3/b10-8+,11-9-. The zero-order chi connectivity index (χ0) is 13.3. The van der Waals surface area contributed by atoms with E-state index in [1.807, 2.05) is 19.9 Å². The largest absolute Gasteiger partial charge is 0.425 e. The summed E-state index contributed by atoms with van der Waals surface area (Å²) in [4.78, 5) is 15.7. The van der Waals surface area contributed by atoms with Gasteiger partial charge in [0.05, 0.1) is 0 Å². The van der Waals surface area contributed by atoms with Crippen molar-refractivity contribution in [1.29, 1.82) is 0 Å². The summed E-state index contributed by atoms with van der Waals surface area (Å²) in [5, 5.41) is 0.259. The van der Waals surface area contributed by atoms with Crippen LogP contribution in [0.2, 0.25) is 0 Å². The van der Waals surface area contributed by atoms with Gasteiger partial charge in [-0.3, -0.25) is 9.69 Å². The van der Waals surface area contributed by atoms with E-state index in [2.05, 4.69) is 11.9 Å². The number of allylic oxidation sites excluding steroid dienone is 3. The zero-order valence-corrected chi connectivity index (χ0v) is 11.8. The summed E-state index contributed by atoms with van der Waals surface area (Å²) >= 11 is 5.04. The minimum absolute atomic E-state index is 0.127. The molecule has 4 nitrogen and oxygen atoms in total. The van der Waals surface area contributed by atoms with Crippen LogP contribution in [0.1, 0.15) is 26.7 Å². The number of likely N-dealkylation sites (tertiary alicyclic amines) is 1. The van der Waals surface area contributed by atoms with Gasteiger partial charge in [0.1, 0.15) is 0 Å². The third-order valence-corrected chi connectivity index (χ3v) is 3.63. The number of carbonyl (C=O) groups is 1. The molecule has 1 amide bonds. The van der Waals surface area contributed by atoms with Gasteiger partial charge in [0, 0.05) is 25.8 Å². The minimum atomic E-state index is -0.127. The maximum absolute atomic E-state index is 12.1. The van der Waals surface area contributed by atoms with Gasteiger partial charge in [-0.2, -0.15) is 0 Å². The summed E-state index contributed by atoms with van der Waals surface area (Å²) in [5.74, 6) is 0.243. The fraction of sp³-hybridized carbons (Fsp3) is 0.538. The minimum Gasteiger partial charge on any atom is -0.425 e. The molecule has 0 aromatic rings. The molecule has 0 N–H and O–H groups in total. The summed E-state index contributed by atoms with van der Waals surface area (Å²) in [6, 6.07) is 0. The molecule has 2 heterocycles. The van der Waals surface area contributed by atoms with Gasteiger partial charge in [0.2, 0.25) is 0 Å². The molecule has 0 aromatic heterocycles. The van der Waals surface area contributed by atoms with Crippen molar-refractivity contribution in [2.45, 2.75) is 26.7 Å². The fourth-order valence-electron chi connectivity index (χ4n) is 2.24. The van der Waals surface area contributed by atoms with Crippen molar-refractivity contribution in [2.24, 2.45) is 0 Å². The molecule has 0 aliphatic carbocycles. The number of amides is 1. The topological polar surface area (TPSA) is 32.8 Å². The molecule has 5 heteroatoms. The lowest BCUT2D eigenvalue weighted by Gasteiger charge is -2.12. The van der Waals surface area contributed by atoms with E-state index < -0.39 is 0 Å². The van der Waals surface area contributed by atoms with Crippen LogP contribution in [0.5, 0.6) is 0 Å². The maximum Gasteiger partial charge on any atom is 0.297 e. The normalized spacial score (nSPS) is 25.2. The number of likely N-dealkylation sites (N-methyl/N-ethyl adjacent to an activating group) is 1. The Bertz CT molecular complexity index is 454. The van der Waals surface area contributed by atoms with Crippen LogP contribution in [-0.4, -0.2) is 41.0 Å². The molecule has 2 aliphatic rings. The number of ether oxygens (including phenoxy) is 1. The van der Waals surface area contributed by atoms with E-state index in [4.69, 9.17) is 17.0 Å². The van der Waals surface area contributed by atoms with E-state index in [1.165, 1.54) is 17.0 Å². The van der Waals surface area contributed by atoms with Crippen molar-refractivity contribution in [2.75, 3.05) is 20.1 Å². The Hall–Kier alpha value is -1.36. The van der Waals surface area contributed by atoms with Crippen molar-refractivity contribution in [1.82, 2.24) is 9.80 Å². The number of thiocarbonyl (C=S) groups is 1. The van der Waals surface area contributed by atoms with E-state index in [-0.39, 0.29) is 11.1 Å². The smallest absolute Gasteiger partial charge is 0.297 e. The van der Waals surface area contributed by atoms with Gasteiger partial charge in [-0.05, 0) is 50.6 Å². The van der Waals surface area contributed by atoms with Crippen LogP contribution in [0.15, 0.2) is 23.1 Å². The third kappa shape index (κ3) is 2.27. The lowest BCUT2D eigenvalue weighted by Crippen LogP contribution is -2.28. The number of rotatable bonds is 2. The summed E-state index contributed by atoms with van der Waals surface area (Å²) in [6.07, 6.45) is 4.25. The van der Waals surface area contributed by atoms with Gasteiger partial charge < -0.3 is 9.64 Å². The molecule has 2 aliphatic heterocycles. The first kappa shape index (κ1) is 13.1. The highest BCUT2D eigenvalue weighted by atomic mass is 32.1. The van der Waals surface area contributed by atoms with Crippen LogP contribution in [-0.2, 0) is 9.53 Å². The molecule has 0 saturated carbocycles. The average molecular weight is 266 g/mol. The highest BCUT2D eigenvalue weighted by Gasteiger charge is 2.33. The molecule has 0 atom stereocenters. The van der Waals surface area contributed by atoms with E-state index in [0.29, 0.717) is 12.3 Å². The van der Waals surface area contributed by atoms with Crippen molar-refractivity contribution in [3.8, 4) is 0 Å². The van der Waals surface area contributed by atoms with Gasteiger partial charge in [-0.15, -0.1) is 0 Å². The molecule has 2 saturated heterocycles. The summed E-state index contributed by atoms with van der Waals surface area (Å²) in [7, 11) is 2.07. The lowest BCUT2D eigenvalue weighted by molar-refractivity contribution is -0.122. The van der Waals surface area contributed by atoms with Crippen molar-refractivity contribution >= 4 is 23.3 Å². The van der Waals surface area contributed by atoms with E-state index in [1.54, 1.807) is 0 Å². The molecule has 2 rings (SSSR count). The highest BCUT2D eigenvalue weighted by Crippen LogP contribution is 2.25. The van der Waals surface area contributed by atoms with Crippen LogP contribution in [0.3, 0.4) is 0 Å². The Morgan fingerprint density at radius 1 is 1.56 bits per heavy atom. The molecular weight excluding hydrogens is 248 g/mol. The van der Waals surface area contributed by atoms with Gasteiger partial charge in [-0.1, -0.05) is 0 Å². The number of nitrogens with zero attached hydrogens (tertiary/aromatic N) is 2. The Morgan fingerprint density at radius 2 is 2.28 bits per heavy atom. The van der Waals surface area contributed by atoms with Crippen LogP contribution in [0.4, 0.5) is 0 Å². The first-order chi connectivity index (χ1) is 8.54. The summed E-state index contributed by atoms with van der Waals surface area (Å²) < 4.78 is 5.41. The Balaban J connectivity index is 2.27. The second-order valence-electron chi connectivity index (χ2n) is 4.59. The predicted molar refractivity (Wildman–Crippen MR) is 73.7 cm³/mol. The molecule has 0 spiro atoms. The zero-order valence-electron chi connectivity index (χ0n) is 11.0. The molecule has 0 aromatic carbocycles. The molecule has 0 radical (unpaired) electrons. The number of hydrogen-bond acceptors (Lipinski definition) is 4. The van der Waals surface area contributed by atoms with Crippen molar-refractivity contribution < 1.29 is 9.53 Å². The van der Waals surface area contributed by atoms with Crippen LogP contribution in [0.25, 0.3) is 0 Å². The number of hydrogen-bond donors (Lipinski definition) is 0. The van der Waals surface area contributed by atoms with E-state index in [0.717, 1.165) is 18.5 Å². The highest BCUT2D eigenvalue weighted by molar-refractivity contribution is 7.80. The second kappa shape index (κ2) is 5.10. The predicted octanol–water partition coefficient (Wildman–Crippen LogP) is 2.03. The van der Waals surface area contributed by atoms with E-state index in [9.17, 15) is 4.79 Å². The summed E-state index contributed by atoms with van der Waals surface area (Å²) in [6.45, 7) is 5.40. The van der Waals surface area contributed by atoms with Gasteiger partial charge in [0.15, 0.2) is 5.76 Å². The number of carbonyl (C=O) groups excluding carboxylic acids is 1. The van der Waals surface area contributed by atoms with Gasteiger partial charge in [-0.25, -0.2) is 0 Å². The molecular formula is C13H18N2O2S. The SMILES string of the molecule is CCN1C(=O)/C(=C(C)/C=C2\CCCN2C)OC1=S. The van der Waals surface area contributed by atoms with E-state index >= 15 is 0 Å². The van der Waals surface area contributed by atoms with Crippen LogP contribution >= 0.6 is 12.2 Å². The lowest BCUT2D eigenvalue weighted by atomic mass is 10.2. The summed E-state index contributed by atoms with van der Waals surface area (Å²) in [5.41, 5.74) is 2.10. The molecule has 0 bridgehead atoms. The van der Waals surface area contributed by atoms with Crippen LogP contribution < -0.4 is 0 Å². The molecule has 98 valence electrons.